The summed E-state index contributed by atoms with van der Waals surface area (Å²) in [6.07, 6.45) is 0. The molecule has 0 fully saturated rings. The molecule has 0 saturated heterocycles. The lowest BCUT2D eigenvalue weighted by atomic mass is 10.0. The van der Waals surface area contributed by atoms with Crippen molar-refractivity contribution in [2.45, 2.75) is 25.7 Å². The molecule has 0 atom stereocenters. The fraction of sp³-hybridized carbons (Fsp3) is 0.250. The van der Waals surface area contributed by atoms with Gasteiger partial charge in [0.25, 0.3) is 10.0 Å². The van der Waals surface area contributed by atoms with E-state index in [1.165, 1.54) is 14.2 Å². The zero-order valence-corrected chi connectivity index (χ0v) is 17.2. The molecule has 1 N–H and O–H groups in total. The largest absolute Gasteiger partial charge is 0.495 e. The Morgan fingerprint density at radius 1 is 0.964 bits per heavy atom. The van der Waals surface area contributed by atoms with Crippen LogP contribution in [0, 0.1) is 20.8 Å². The Morgan fingerprint density at radius 2 is 1.64 bits per heavy atom. The highest BCUT2D eigenvalue weighted by Crippen LogP contribution is 2.35. The molecule has 1 heterocycles. The first-order valence-corrected chi connectivity index (χ1v) is 10.0. The Kier molecular flexibility index (Phi) is 5.33. The van der Waals surface area contributed by atoms with E-state index in [0.29, 0.717) is 28.5 Å². The van der Waals surface area contributed by atoms with Gasteiger partial charge in [-0.15, -0.1) is 0 Å². The maximum absolute atomic E-state index is 13.2. The van der Waals surface area contributed by atoms with Gasteiger partial charge in [0.1, 0.15) is 22.2 Å². The highest BCUT2D eigenvalue weighted by Gasteiger charge is 2.23. The standard InChI is InChI=1S/C20H22N2O5S/c1-12-6-8-17(25-4)16(10-12)22-28(23,24)19-11-15(7-9-18(19)26-5)20-13(2)21-27-14(20)3/h6-11,22H,1-5H3. The molecule has 0 radical (unpaired) electrons. The molecule has 0 spiro atoms. The molecular formula is C20H22N2O5S. The third-order valence-corrected chi connectivity index (χ3v) is 5.76. The highest BCUT2D eigenvalue weighted by atomic mass is 32.2. The third-order valence-electron chi connectivity index (χ3n) is 4.37. The Bertz CT molecular complexity index is 1100. The van der Waals surface area contributed by atoms with Gasteiger partial charge in [0.15, 0.2) is 0 Å². The van der Waals surface area contributed by atoms with E-state index in [2.05, 4.69) is 9.88 Å². The normalized spacial score (nSPS) is 11.3. The smallest absolute Gasteiger partial charge is 0.265 e. The highest BCUT2D eigenvalue weighted by molar-refractivity contribution is 7.92. The van der Waals surface area contributed by atoms with Crippen molar-refractivity contribution in [2.75, 3.05) is 18.9 Å². The van der Waals surface area contributed by atoms with E-state index in [-0.39, 0.29) is 10.6 Å². The average Bonchev–Trinajstić information content (AvgIpc) is 2.99. The van der Waals surface area contributed by atoms with E-state index < -0.39 is 10.0 Å². The van der Waals surface area contributed by atoms with Crippen LogP contribution in [0.2, 0.25) is 0 Å². The van der Waals surface area contributed by atoms with Gasteiger partial charge in [-0.1, -0.05) is 17.3 Å². The number of aromatic nitrogens is 1. The summed E-state index contributed by atoms with van der Waals surface area (Å²) in [4.78, 5) is 0.0102. The lowest BCUT2D eigenvalue weighted by Gasteiger charge is -2.15. The third kappa shape index (κ3) is 3.68. The molecular weight excluding hydrogens is 380 g/mol. The second kappa shape index (κ2) is 7.55. The van der Waals surface area contributed by atoms with Gasteiger partial charge in [0, 0.05) is 5.56 Å². The summed E-state index contributed by atoms with van der Waals surface area (Å²) in [6, 6.07) is 10.2. The molecule has 3 rings (SSSR count). The Labute approximate surface area is 164 Å². The van der Waals surface area contributed by atoms with Crippen LogP contribution in [-0.2, 0) is 10.0 Å². The number of rotatable bonds is 6. The minimum absolute atomic E-state index is 0.0102. The van der Waals surface area contributed by atoms with Crippen molar-refractivity contribution in [3.05, 3.63) is 53.4 Å². The summed E-state index contributed by atoms with van der Waals surface area (Å²) in [5.41, 5.74) is 3.36. The van der Waals surface area contributed by atoms with Crippen LogP contribution < -0.4 is 14.2 Å². The fourth-order valence-corrected chi connectivity index (χ4v) is 4.30. The summed E-state index contributed by atoms with van der Waals surface area (Å²) in [7, 11) is -1.04. The number of hydrogen-bond donors (Lipinski definition) is 1. The number of aryl methyl sites for hydroxylation is 3. The minimum atomic E-state index is -3.95. The second-order valence-electron chi connectivity index (χ2n) is 6.37. The predicted molar refractivity (Wildman–Crippen MR) is 107 cm³/mol. The number of ether oxygens (including phenoxy) is 2. The van der Waals surface area contributed by atoms with Crippen LogP contribution in [0.4, 0.5) is 5.69 Å². The monoisotopic (exact) mass is 402 g/mol. The first-order chi connectivity index (χ1) is 13.3. The Morgan fingerprint density at radius 3 is 2.25 bits per heavy atom. The van der Waals surface area contributed by atoms with Gasteiger partial charge in [0.2, 0.25) is 0 Å². The summed E-state index contributed by atoms with van der Waals surface area (Å²) < 4.78 is 44.7. The first kappa shape index (κ1) is 19.8. The van der Waals surface area contributed by atoms with Crippen LogP contribution in [-0.4, -0.2) is 27.8 Å². The molecule has 1 aromatic heterocycles. The molecule has 0 aliphatic carbocycles. The van der Waals surface area contributed by atoms with Crippen LogP contribution in [0.5, 0.6) is 11.5 Å². The van der Waals surface area contributed by atoms with E-state index in [9.17, 15) is 8.42 Å². The molecule has 0 unspecified atom stereocenters. The van der Waals surface area contributed by atoms with Crippen LogP contribution in [0.25, 0.3) is 11.1 Å². The van der Waals surface area contributed by atoms with Gasteiger partial charge in [-0.3, -0.25) is 4.72 Å². The van der Waals surface area contributed by atoms with Crippen molar-refractivity contribution in [1.29, 1.82) is 0 Å². The van der Waals surface area contributed by atoms with Crippen molar-refractivity contribution in [3.8, 4) is 22.6 Å². The molecule has 0 bridgehead atoms. The number of nitrogens with zero attached hydrogens (tertiary/aromatic N) is 1. The predicted octanol–water partition coefficient (Wildman–Crippen LogP) is 4.08. The molecule has 3 aromatic rings. The van der Waals surface area contributed by atoms with Gasteiger partial charge in [-0.05, 0) is 56.2 Å². The molecule has 148 valence electrons. The summed E-state index contributed by atoms with van der Waals surface area (Å²) in [6.45, 7) is 5.46. The fourth-order valence-electron chi connectivity index (χ4n) is 3.04. The van der Waals surface area contributed by atoms with Crippen molar-refractivity contribution in [3.63, 3.8) is 0 Å². The van der Waals surface area contributed by atoms with E-state index >= 15 is 0 Å². The zero-order valence-electron chi connectivity index (χ0n) is 16.4. The molecule has 2 aromatic carbocycles. The van der Waals surface area contributed by atoms with Crippen LogP contribution in [0.1, 0.15) is 17.0 Å². The van der Waals surface area contributed by atoms with E-state index in [0.717, 1.165) is 11.1 Å². The van der Waals surface area contributed by atoms with Crippen molar-refractivity contribution in [2.24, 2.45) is 0 Å². The lowest BCUT2D eigenvalue weighted by molar-refractivity contribution is 0.393. The first-order valence-electron chi connectivity index (χ1n) is 8.55. The molecule has 0 aliphatic rings. The quantitative estimate of drug-likeness (QED) is 0.668. The summed E-state index contributed by atoms with van der Waals surface area (Å²) >= 11 is 0. The molecule has 7 nitrogen and oxygen atoms in total. The van der Waals surface area contributed by atoms with Crippen molar-refractivity contribution in [1.82, 2.24) is 5.16 Å². The lowest BCUT2D eigenvalue weighted by Crippen LogP contribution is -2.15. The minimum Gasteiger partial charge on any atom is -0.495 e. The molecule has 28 heavy (non-hydrogen) atoms. The Hall–Kier alpha value is -3.00. The van der Waals surface area contributed by atoms with E-state index in [4.69, 9.17) is 14.0 Å². The molecule has 0 amide bonds. The molecule has 8 heteroatoms. The zero-order chi connectivity index (χ0) is 20.5. The van der Waals surface area contributed by atoms with Crippen molar-refractivity contribution < 1.29 is 22.4 Å². The average molecular weight is 402 g/mol. The van der Waals surface area contributed by atoms with Crippen LogP contribution >= 0.6 is 0 Å². The van der Waals surface area contributed by atoms with E-state index in [1.807, 2.05) is 13.0 Å². The number of sulfonamides is 1. The van der Waals surface area contributed by atoms with Crippen LogP contribution in [0.15, 0.2) is 45.8 Å². The number of methoxy groups -OCH3 is 2. The van der Waals surface area contributed by atoms with Gasteiger partial charge < -0.3 is 14.0 Å². The number of nitrogens with one attached hydrogen (secondary N) is 1. The maximum Gasteiger partial charge on any atom is 0.265 e. The van der Waals surface area contributed by atoms with Gasteiger partial charge >= 0.3 is 0 Å². The van der Waals surface area contributed by atoms with Crippen molar-refractivity contribution >= 4 is 15.7 Å². The van der Waals surface area contributed by atoms with E-state index in [1.54, 1.807) is 44.2 Å². The number of benzene rings is 2. The van der Waals surface area contributed by atoms with Crippen LogP contribution in [0.3, 0.4) is 0 Å². The summed E-state index contributed by atoms with van der Waals surface area (Å²) in [5.74, 6) is 1.27. The SMILES string of the molecule is COc1ccc(C)cc1NS(=O)(=O)c1cc(-c2c(C)noc2C)ccc1OC. The number of hydrogen-bond acceptors (Lipinski definition) is 6. The number of anilines is 1. The second-order valence-corrected chi connectivity index (χ2v) is 8.02. The topological polar surface area (TPSA) is 90.7 Å². The van der Waals surface area contributed by atoms with Gasteiger partial charge in [-0.2, -0.15) is 0 Å². The van der Waals surface area contributed by atoms with Gasteiger partial charge in [0.05, 0.1) is 25.6 Å². The molecule has 0 saturated carbocycles. The molecule has 0 aliphatic heterocycles. The Balaban J connectivity index is 2.11. The summed E-state index contributed by atoms with van der Waals surface area (Å²) in [5, 5.41) is 3.94. The maximum atomic E-state index is 13.2. The van der Waals surface area contributed by atoms with Gasteiger partial charge in [-0.25, -0.2) is 8.42 Å².